The molecule has 1 heterocycles. The van der Waals surface area contributed by atoms with Crippen molar-refractivity contribution < 1.29 is 19.4 Å². The highest BCUT2D eigenvalue weighted by molar-refractivity contribution is 5.83. The van der Waals surface area contributed by atoms with Gasteiger partial charge in [-0.1, -0.05) is 0 Å². The van der Waals surface area contributed by atoms with E-state index in [2.05, 4.69) is 0 Å². The molecule has 0 radical (unpaired) electrons. The molecule has 1 saturated heterocycles. The van der Waals surface area contributed by atoms with Crippen molar-refractivity contribution in [2.24, 2.45) is 0 Å². The Kier molecular flexibility index (Phi) is 5.25. The van der Waals surface area contributed by atoms with Crippen LogP contribution < -0.4 is 0 Å². The molecule has 0 spiro atoms. The van der Waals surface area contributed by atoms with Crippen molar-refractivity contribution in [2.45, 2.75) is 38.1 Å². The largest absolute Gasteiger partial charge is 0.480 e. The number of likely N-dealkylation sites (tertiary alicyclic amines) is 1. The normalized spacial score (nSPS) is 20.8. The highest BCUT2D eigenvalue weighted by atomic mass is 16.5. The molecule has 1 aliphatic heterocycles. The summed E-state index contributed by atoms with van der Waals surface area (Å²) in [5.74, 6) is -0.955. The summed E-state index contributed by atoms with van der Waals surface area (Å²) in [7, 11) is 1.59. The summed E-state index contributed by atoms with van der Waals surface area (Å²) in [6, 6.07) is -0.621. The molecule has 16 heavy (non-hydrogen) atoms. The molecule has 1 N–H and O–H groups in total. The number of rotatable bonds is 5. The van der Waals surface area contributed by atoms with Crippen LogP contribution >= 0.6 is 0 Å². The van der Waals surface area contributed by atoms with Gasteiger partial charge in [-0.3, -0.25) is 4.79 Å². The predicted octanol–water partition coefficient (Wildman–Crippen LogP) is 0.879. The fraction of sp³-hybridized carbons (Fsp3) is 0.818. The lowest BCUT2D eigenvalue weighted by atomic mass is 10.0. The highest BCUT2D eigenvalue weighted by Gasteiger charge is 2.31. The van der Waals surface area contributed by atoms with Gasteiger partial charge in [0.1, 0.15) is 6.04 Å². The van der Waals surface area contributed by atoms with Crippen LogP contribution in [0.15, 0.2) is 0 Å². The molecule has 1 aliphatic rings. The number of aliphatic carboxylic acids is 1. The van der Waals surface area contributed by atoms with Crippen LogP contribution in [0.25, 0.3) is 0 Å². The van der Waals surface area contributed by atoms with Gasteiger partial charge in [0.05, 0.1) is 0 Å². The van der Waals surface area contributed by atoms with Crippen LogP contribution in [0.5, 0.6) is 0 Å². The van der Waals surface area contributed by atoms with Crippen LogP contribution in [0.1, 0.15) is 32.1 Å². The van der Waals surface area contributed by atoms with Gasteiger partial charge in [0.2, 0.25) is 5.91 Å². The molecule has 5 heteroatoms. The quantitative estimate of drug-likeness (QED) is 0.711. The van der Waals surface area contributed by atoms with E-state index in [4.69, 9.17) is 9.84 Å². The number of hydrogen-bond acceptors (Lipinski definition) is 3. The number of methoxy groups -OCH3 is 1. The molecule has 0 aliphatic carbocycles. The molecular formula is C11H19NO4. The molecule has 92 valence electrons. The third kappa shape index (κ3) is 3.48. The topological polar surface area (TPSA) is 66.8 Å². The van der Waals surface area contributed by atoms with E-state index in [1.165, 1.54) is 4.90 Å². The van der Waals surface area contributed by atoms with E-state index < -0.39 is 12.0 Å². The summed E-state index contributed by atoms with van der Waals surface area (Å²) in [6.07, 6.45) is 3.39. The number of carboxylic acid groups (broad SMARTS) is 1. The van der Waals surface area contributed by atoms with Crippen molar-refractivity contribution in [3.05, 3.63) is 0 Å². The fourth-order valence-corrected chi connectivity index (χ4v) is 2.00. The van der Waals surface area contributed by atoms with Crippen molar-refractivity contribution in [1.29, 1.82) is 0 Å². The molecule has 0 bridgehead atoms. The van der Waals surface area contributed by atoms with Gasteiger partial charge in [-0.2, -0.15) is 0 Å². The van der Waals surface area contributed by atoms with Gasteiger partial charge in [-0.15, -0.1) is 0 Å². The Morgan fingerprint density at radius 2 is 2.19 bits per heavy atom. The van der Waals surface area contributed by atoms with Crippen LogP contribution in [-0.4, -0.2) is 48.2 Å². The van der Waals surface area contributed by atoms with Crippen molar-refractivity contribution in [1.82, 2.24) is 4.90 Å². The number of ether oxygens (including phenoxy) is 1. The van der Waals surface area contributed by atoms with Gasteiger partial charge in [-0.25, -0.2) is 4.79 Å². The van der Waals surface area contributed by atoms with Crippen LogP contribution in [-0.2, 0) is 14.3 Å². The summed E-state index contributed by atoms with van der Waals surface area (Å²) in [6.45, 7) is 1.11. The van der Waals surface area contributed by atoms with Gasteiger partial charge in [0, 0.05) is 26.7 Å². The molecule has 0 aromatic carbocycles. The Labute approximate surface area is 95.4 Å². The maximum absolute atomic E-state index is 11.8. The third-order valence-electron chi connectivity index (χ3n) is 2.85. The van der Waals surface area contributed by atoms with Crippen molar-refractivity contribution >= 4 is 11.9 Å². The molecule has 1 unspecified atom stereocenters. The number of carbonyl (C=O) groups is 2. The number of hydrogen-bond donors (Lipinski definition) is 1. The first-order chi connectivity index (χ1) is 7.66. The average Bonchev–Trinajstić information content (AvgIpc) is 2.29. The van der Waals surface area contributed by atoms with Crippen LogP contribution in [0, 0.1) is 0 Å². The van der Waals surface area contributed by atoms with Crippen LogP contribution in [0.4, 0.5) is 0 Å². The van der Waals surface area contributed by atoms with Crippen molar-refractivity contribution in [3.8, 4) is 0 Å². The van der Waals surface area contributed by atoms with Gasteiger partial charge in [-0.05, 0) is 25.7 Å². The number of amides is 1. The SMILES string of the molecule is COCCCC(=O)N1CCCCC1C(=O)O. The number of nitrogens with zero attached hydrogens (tertiary/aromatic N) is 1. The zero-order valence-electron chi connectivity index (χ0n) is 9.65. The molecular weight excluding hydrogens is 210 g/mol. The maximum Gasteiger partial charge on any atom is 0.326 e. The minimum Gasteiger partial charge on any atom is -0.480 e. The van der Waals surface area contributed by atoms with Gasteiger partial charge in [0.15, 0.2) is 0 Å². The molecule has 1 atom stereocenters. The van der Waals surface area contributed by atoms with Crippen LogP contribution in [0.2, 0.25) is 0 Å². The van der Waals surface area contributed by atoms with E-state index in [1.54, 1.807) is 7.11 Å². The second-order valence-corrected chi connectivity index (χ2v) is 4.03. The van der Waals surface area contributed by atoms with E-state index in [0.29, 0.717) is 32.4 Å². The Bertz CT molecular complexity index is 254. The zero-order valence-corrected chi connectivity index (χ0v) is 9.65. The third-order valence-corrected chi connectivity index (χ3v) is 2.85. The summed E-state index contributed by atoms with van der Waals surface area (Å²) in [5.41, 5.74) is 0. The molecule has 1 rings (SSSR count). The predicted molar refractivity (Wildman–Crippen MR) is 58.1 cm³/mol. The molecule has 0 aromatic heterocycles. The minimum absolute atomic E-state index is 0.0656. The summed E-state index contributed by atoms with van der Waals surface area (Å²) in [4.78, 5) is 24.3. The Hall–Kier alpha value is -1.10. The smallest absolute Gasteiger partial charge is 0.326 e. The Balaban J connectivity index is 2.47. The second kappa shape index (κ2) is 6.48. The van der Waals surface area contributed by atoms with Crippen molar-refractivity contribution in [2.75, 3.05) is 20.3 Å². The lowest BCUT2D eigenvalue weighted by Crippen LogP contribution is -2.47. The Morgan fingerprint density at radius 1 is 1.44 bits per heavy atom. The number of carbonyl (C=O) groups excluding carboxylic acids is 1. The molecule has 5 nitrogen and oxygen atoms in total. The maximum atomic E-state index is 11.8. The minimum atomic E-state index is -0.889. The average molecular weight is 229 g/mol. The summed E-state index contributed by atoms with van der Waals surface area (Å²) < 4.78 is 4.87. The first kappa shape index (κ1) is 13.0. The van der Waals surface area contributed by atoms with Gasteiger partial charge < -0.3 is 14.7 Å². The molecule has 0 aromatic rings. The van der Waals surface area contributed by atoms with E-state index >= 15 is 0 Å². The van der Waals surface area contributed by atoms with E-state index in [-0.39, 0.29) is 5.91 Å². The second-order valence-electron chi connectivity index (χ2n) is 4.03. The number of piperidine rings is 1. The standard InChI is InChI=1S/C11H19NO4/c1-16-8-4-6-10(13)12-7-3-2-5-9(12)11(14)15/h9H,2-8H2,1H3,(H,14,15). The molecule has 1 amide bonds. The molecule has 0 saturated carbocycles. The summed E-state index contributed by atoms with van der Waals surface area (Å²) in [5, 5.41) is 9.01. The summed E-state index contributed by atoms with van der Waals surface area (Å²) >= 11 is 0. The lowest BCUT2D eigenvalue weighted by molar-refractivity contribution is -0.152. The van der Waals surface area contributed by atoms with Gasteiger partial charge >= 0.3 is 5.97 Å². The molecule has 1 fully saturated rings. The highest BCUT2D eigenvalue weighted by Crippen LogP contribution is 2.18. The number of carboxylic acids is 1. The van der Waals surface area contributed by atoms with Gasteiger partial charge in [0.25, 0.3) is 0 Å². The van der Waals surface area contributed by atoms with Crippen molar-refractivity contribution in [3.63, 3.8) is 0 Å². The Morgan fingerprint density at radius 3 is 2.81 bits per heavy atom. The monoisotopic (exact) mass is 229 g/mol. The first-order valence-electron chi connectivity index (χ1n) is 5.68. The fourth-order valence-electron chi connectivity index (χ4n) is 2.00. The van der Waals surface area contributed by atoms with E-state index in [9.17, 15) is 9.59 Å². The van der Waals surface area contributed by atoms with E-state index in [0.717, 1.165) is 12.8 Å². The zero-order chi connectivity index (χ0) is 12.0. The first-order valence-corrected chi connectivity index (χ1v) is 5.68. The van der Waals surface area contributed by atoms with E-state index in [1.807, 2.05) is 0 Å². The lowest BCUT2D eigenvalue weighted by Gasteiger charge is -2.33. The van der Waals surface area contributed by atoms with Crippen LogP contribution in [0.3, 0.4) is 0 Å².